The molecule has 0 N–H and O–H groups in total. The minimum Gasteiger partial charge on any atom is -0.469 e. The smallest absolute Gasteiger partial charge is 0.305 e. The Morgan fingerprint density at radius 1 is 0.667 bits per heavy atom. The summed E-state index contributed by atoms with van der Waals surface area (Å²) in [6.45, 7) is 2.29. The minimum absolute atomic E-state index is 0.0580. The summed E-state index contributed by atoms with van der Waals surface area (Å²) in [5.41, 5.74) is 0. The zero-order valence-corrected chi connectivity index (χ0v) is 19.1. The van der Waals surface area contributed by atoms with Crippen molar-refractivity contribution < 1.29 is 9.53 Å². The van der Waals surface area contributed by atoms with Crippen LogP contribution in [0.5, 0.6) is 0 Å². The van der Waals surface area contributed by atoms with Crippen LogP contribution in [0.15, 0.2) is 0 Å². The van der Waals surface area contributed by atoms with E-state index < -0.39 is 0 Å². The molecule has 2 unspecified atom stereocenters. The fourth-order valence-electron chi connectivity index (χ4n) is 3.94. The molecule has 0 aromatic carbocycles. The number of thioether (sulfide) groups is 1. The van der Waals surface area contributed by atoms with Crippen LogP contribution < -0.4 is 0 Å². The number of rotatable bonds is 20. The topological polar surface area (TPSA) is 26.3 Å². The number of ether oxygens (including phenoxy) is 1. The van der Waals surface area contributed by atoms with Gasteiger partial charge in [-0.2, -0.15) is 11.8 Å². The molecule has 27 heavy (non-hydrogen) atoms. The third kappa shape index (κ3) is 15.4. The molecule has 0 radical (unpaired) electrons. The molecule has 0 bridgehead atoms. The van der Waals surface area contributed by atoms with Crippen LogP contribution in [-0.2, 0) is 9.53 Å². The van der Waals surface area contributed by atoms with Crippen LogP contribution in [0.2, 0.25) is 0 Å². The van der Waals surface area contributed by atoms with Gasteiger partial charge in [-0.3, -0.25) is 4.79 Å². The average molecular weight is 399 g/mol. The summed E-state index contributed by atoms with van der Waals surface area (Å²) in [4.78, 5) is 11.1. The van der Waals surface area contributed by atoms with Crippen molar-refractivity contribution >= 4 is 17.7 Å². The predicted octanol–water partition coefficient (Wildman–Crippen LogP) is 8.08. The first-order chi connectivity index (χ1) is 13.3. The molecular formula is C24H46O2S. The molecule has 0 saturated carbocycles. The number of hydrogen-bond acceptors (Lipinski definition) is 3. The van der Waals surface area contributed by atoms with Crippen molar-refractivity contribution in [2.75, 3.05) is 7.11 Å². The molecule has 0 aromatic heterocycles. The van der Waals surface area contributed by atoms with Gasteiger partial charge < -0.3 is 4.74 Å². The lowest BCUT2D eigenvalue weighted by atomic mass is 10.0. The van der Waals surface area contributed by atoms with Gasteiger partial charge in [-0.25, -0.2) is 0 Å². The van der Waals surface area contributed by atoms with Gasteiger partial charge in [0.1, 0.15) is 0 Å². The summed E-state index contributed by atoms with van der Waals surface area (Å²) in [7, 11) is 1.48. The van der Waals surface area contributed by atoms with Crippen molar-refractivity contribution in [1.29, 1.82) is 0 Å². The van der Waals surface area contributed by atoms with Gasteiger partial charge >= 0.3 is 5.97 Å². The van der Waals surface area contributed by atoms with Crippen LogP contribution in [-0.4, -0.2) is 23.6 Å². The van der Waals surface area contributed by atoms with Crippen molar-refractivity contribution in [3.8, 4) is 0 Å². The Kier molecular flexibility index (Phi) is 16.5. The Morgan fingerprint density at radius 3 is 1.52 bits per heavy atom. The third-order valence-corrected chi connectivity index (χ3v) is 7.39. The number of hydrogen-bond donors (Lipinski definition) is 0. The summed E-state index contributed by atoms with van der Waals surface area (Å²) < 4.78 is 4.68. The molecule has 160 valence electrons. The number of carbonyl (C=O) groups is 1. The lowest BCUT2D eigenvalue weighted by Gasteiger charge is -2.03. The Balaban J connectivity index is 1.71. The van der Waals surface area contributed by atoms with E-state index in [2.05, 4.69) is 23.4 Å². The fraction of sp³-hybridized carbons (Fsp3) is 0.958. The predicted molar refractivity (Wildman–Crippen MR) is 121 cm³/mol. The van der Waals surface area contributed by atoms with E-state index in [9.17, 15) is 4.79 Å². The van der Waals surface area contributed by atoms with Crippen molar-refractivity contribution in [2.45, 2.75) is 139 Å². The second-order valence-electron chi connectivity index (χ2n) is 8.42. The zero-order valence-electron chi connectivity index (χ0n) is 18.3. The van der Waals surface area contributed by atoms with E-state index in [1.54, 1.807) is 0 Å². The maximum absolute atomic E-state index is 11.1. The number of esters is 1. The van der Waals surface area contributed by atoms with Gasteiger partial charge in [0.25, 0.3) is 0 Å². The van der Waals surface area contributed by atoms with E-state index in [0.29, 0.717) is 6.42 Å². The summed E-state index contributed by atoms with van der Waals surface area (Å²) >= 11 is 2.17. The van der Waals surface area contributed by atoms with Crippen LogP contribution in [0, 0.1) is 0 Å². The van der Waals surface area contributed by atoms with Crippen LogP contribution in [0.1, 0.15) is 129 Å². The number of carbonyl (C=O) groups excluding carboxylic acids is 1. The largest absolute Gasteiger partial charge is 0.469 e. The maximum Gasteiger partial charge on any atom is 0.305 e. The molecule has 2 atom stereocenters. The van der Waals surface area contributed by atoms with Crippen LogP contribution in [0.25, 0.3) is 0 Å². The molecule has 1 aliphatic rings. The minimum atomic E-state index is -0.0580. The fourth-order valence-corrected chi connectivity index (χ4v) is 5.18. The van der Waals surface area contributed by atoms with Gasteiger partial charge in [0.2, 0.25) is 0 Å². The van der Waals surface area contributed by atoms with E-state index in [1.807, 2.05) is 0 Å². The second kappa shape index (κ2) is 17.9. The van der Waals surface area contributed by atoms with E-state index in [4.69, 9.17) is 0 Å². The van der Waals surface area contributed by atoms with Gasteiger partial charge in [-0.15, -0.1) is 0 Å². The summed E-state index contributed by atoms with van der Waals surface area (Å²) in [6, 6.07) is 0. The molecule has 1 heterocycles. The Morgan fingerprint density at radius 2 is 1.07 bits per heavy atom. The molecule has 1 saturated heterocycles. The Labute approximate surface area is 174 Å². The molecule has 1 aliphatic heterocycles. The summed E-state index contributed by atoms with van der Waals surface area (Å²) in [6.07, 6.45) is 25.7. The lowest BCUT2D eigenvalue weighted by molar-refractivity contribution is -0.140. The molecule has 1 rings (SSSR count). The summed E-state index contributed by atoms with van der Waals surface area (Å²) in [5, 5.41) is 1.82. The normalized spacial score (nSPS) is 18.6. The summed E-state index contributed by atoms with van der Waals surface area (Å²) in [5.74, 6) is -0.0580. The van der Waals surface area contributed by atoms with Crippen LogP contribution in [0.4, 0.5) is 0 Å². The molecule has 0 spiro atoms. The van der Waals surface area contributed by atoms with E-state index in [1.165, 1.54) is 116 Å². The quantitative estimate of drug-likeness (QED) is 0.118. The van der Waals surface area contributed by atoms with Crippen molar-refractivity contribution in [3.05, 3.63) is 0 Å². The van der Waals surface area contributed by atoms with E-state index in [-0.39, 0.29) is 5.97 Å². The SMILES string of the molecule is CCCCCCCCCCCCCCCCC1SC1CCCCC(=O)OC. The zero-order chi connectivity index (χ0) is 19.6. The molecular weight excluding hydrogens is 352 g/mol. The highest BCUT2D eigenvalue weighted by atomic mass is 32.2. The maximum atomic E-state index is 11.1. The van der Waals surface area contributed by atoms with Gasteiger partial charge in [0.15, 0.2) is 0 Å². The highest BCUT2D eigenvalue weighted by Crippen LogP contribution is 2.47. The molecule has 3 heteroatoms. The van der Waals surface area contributed by atoms with Crippen LogP contribution >= 0.6 is 11.8 Å². The molecule has 0 aliphatic carbocycles. The van der Waals surface area contributed by atoms with Crippen molar-refractivity contribution in [3.63, 3.8) is 0 Å². The Hall–Kier alpha value is -0.180. The van der Waals surface area contributed by atoms with Crippen LogP contribution in [0.3, 0.4) is 0 Å². The highest BCUT2D eigenvalue weighted by Gasteiger charge is 2.36. The average Bonchev–Trinajstić information content (AvgIpc) is 3.43. The second-order valence-corrected chi connectivity index (χ2v) is 9.90. The molecule has 0 amide bonds. The van der Waals surface area contributed by atoms with Gasteiger partial charge in [-0.1, -0.05) is 103 Å². The van der Waals surface area contributed by atoms with Gasteiger partial charge in [-0.05, 0) is 19.3 Å². The van der Waals surface area contributed by atoms with E-state index in [0.717, 1.165) is 16.9 Å². The molecule has 0 aromatic rings. The van der Waals surface area contributed by atoms with Crippen molar-refractivity contribution in [1.82, 2.24) is 0 Å². The highest BCUT2D eigenvalue weighted by molar-refractivity contribution is 8.07. The number of methoxy groups -OCH3 is 1. The number of unbranched alkanes of at least 4 members (excludes halogenated alkanes) is 14. The third-order valence-electron chi connectivity index (χ3n) is 5.88. The Bertz CT molecular complexity index is 345. The lowest BCUT2D eigenvalue weighted by Crippen LogP contribution is -2.00. The first-order valence-corrected chi connectivity index (χ1v) is 12.9. The molecule has 1 fully saturated rings. The first kappa shape index (κ1) is 24.9. The van der Waals surface area contributed by atoms with Gasteiger partial charge in [0, 0.05) is 16.9 Å². The van der Waals surface area contributed by atoms with Gasteiger partial charge in [0.05, 0.1) is 7.11 Å². The molecule has 2 nitrogen and oxygen atoms in total. The standard InChI is InChI=1S/C24H46O2S/c1-3-4-5-6-7-8-9-10-11-12-13-14-15-16-19-22-23(27-22)20-17-18-21-24(25)26-2/h22-23H,3-21H2,1-2H3. The first-order valence-electron chi connectivity index (χ1n) is 12.0. The van der Waals surface area contributed by atoms with Crippen molar-refractivity contribution in [2.24, 2.45) is 0 Å². The monoisotopic (exact) mass is 398 g/mol. The van der Waals surface area contributed by atoms with E-state index >= 15 is 0 Å².